The summed E-state index contributed by atoms with van der Waals surface area (Å²) in [6, 6.07) is 8.08. The van der Waals surface area contributed by atoms with Crippen LogP contribution in [0.1, 0.15) is 30.7 Å². The number of aromatic nitrogens is 2. The van der Waals surface area contributed by atoms with Crippen LogP contribution in [0.2, 0.25) is 0 Å². The van der Waals surface area contributed by atoms with Crippen molar-refractivity contribution in [2.75, 3.05) is 6.54 Å². The largest absolute Gasteiger partial charge is 0.355 e. The fraction of sp³-hybridized carbons (Fsp3) is 0.375. The highest BCUT2D eigenvalue weighted by Crippen LogP contribution is 2.48. The fourth-order valence-corrected chi connectivity index (χ4v) is 2.87. The number of imidazole rings is 1. The molecule has 0 unspecified atom stereocenters. The molecule has 1 aliphatic carbocycles. The maximum atomic E-state index is 12.4. The predicted octanol–water partition coefficient (Wildman–Crippen LogP) is 2.95. The molecule has 0 aliphatic heterocycles. The molecule has 1 aliphatic rings. The molecule has 1 heterocycles. The fourth-order valence-electron chi connectivity index (χ4n) is 2.60. The number of aromatic amines is 1. The molecular formula is C16H18BrN3O. The second-order valence-corrected chi connectivity index (χ2v) is 6.40. The highest BCUT2D eigenvalue weighted by atomic mass is 79.9. The van der Waals surface area contributed by atoms with Gasteiger partial charge in [0.25, 0.3) is 0 Å². The molecule has 1 amide bonds. The topological polar surface area (TPSA) is 57.8 Å². The van der Waals surface area contributed by atoms with Crippen molar-refractivity contribution in [3.05, 3.63) is 52.5 Å². The summed E-state index contributed by atoms with van der Waals surface area (Å²) in [5.74, 6) is 1.13. The van der Waals surface area contributed by atoms with E-state index in [1.165, 1.54) is 0 Å². The molecule has 0 saturated heterocycles. The van der Waals surface area contributed by atoms with E-state index in [0.29, 0.717) is 6.54 Å². The standard InChI is InChI=1S/C16H18BrN3O/c17-13-5-3-12(4-6-13)16(7-8-16)15(21)20-9-1-2-14-18-10-11-19-14/h3-6,10-11H,1-2,7-9H2,(H,18,19)(H,20,21). The molecular weight excluding hydrogens is 330 g/mol. The third kappa shape index (κ3) is 3.18. The van der Waals surface area contributed by atoms with Gasteiger partial charge in [-0.1, -0.05) is 28.1 Å². The minimum atomic E-state index is -0.286. The molecule has 0 atom stereocenters. The minimum absolute atomic E-state index is 0.157. The summed E-state index contributed by atoms with van der Waals surface area (Å²) in [6.45, 7) is 0.692. The van der Waals surface area contributed by atoms with Crippen LogP contribution in [0.15, 0.2) is 41.1 Å². The molecule has 4 nitrogen and oxygen atoms in total. The Kier molecular flexibility index (Phi) is 4.10. The number of nitrogens with zero attached hydrogens (tertiary/aromatic N) is 1. The van der Waals surface area contributed by atoms with Gasteiger partial charge in [-0.2, -0.15) is 0 Å². The van der Waals surface area contributed by atoms with Gasteiger partial charge in [-0.15, -0.1) is 0 Å². The summed E-state index contributed by atoms with van der Waals surface area (Å²) >= 11 is 3.43. The first-order chi connectivity index (χ1) is 10.2. The van der Waals surface area contributed by atoms with Gasteiger partial charge >= 0.3 is 0 Å². The summed E-state index contributed by atoms with van der Waals surface area (Å²) in [5.41, 5.74) is 0.833. The molecule has 1 aromatic carbocycles. The average Bonchev–Trinajstić information content (AvgIpc) is 3.14. The Hall–Kier alpha value is -1.62. The Morgan fingerprint density at radius 1 is 1.33 bits per heavy atom. The molecule has 1 saturated carbocycles. The van der Waals surface area contributed by atoms with Crippen molar-refractivity contribution in [3.63, 3.8) is 0 Å². The van der Waals surface area contributed by atoms with E-state index in [4.69, 9.17) is 0 Å². The first-order valence-electron chi connectivity index (χ1n) is 7.23. The van der Waals surface area contributed by atoms with Gasteiger partial charge in [0.05, 0.1) is 5.41 Å². The number of aryl methyl sites for hydroxylation is 1. The Morgan fingerprint density at radius 2 is 2.10 bits per heavy atom. The molecule has 3 rings (SSSR count). The van der Waals surface area contributed by atoms with Gasteiger partial charge in [0.15, 0.2) is 0 Å². The first-order valence-corrected chi connectivity index (χ1v) is 8.03. The zero-order chi connectivity index (χ0) is 14.7. The molecule has 0 spiro atoms. The number of halogens is 1. The van der Waals surface area contributed by atoms with Gasteiger partial charge in [0.1, 0.15) is 5.82 Å². The zero-order valence-electron chi connectivity index (χ0n) is 11.7. The molecule has 1 aromatic heterocycles. The van der Waals surface area contributed by atoms with Crippen molar-refractivity contribution in [1.29, 1.82) is 0 Å². The van der Waals surface area contributed by atoms with Gasteiger partial charge in [-0.25, -0.2) is 4.98 Å². The summed E-state index contributed by atoms with van der Waals surface area (Å²) in [6.07, 6.45) is 7.22. The van der Waals surface area contributed by atoms with E-state index in [2.05, 4.69) is 31.2 Å². The van der Waals surface area contributed by atoms with Crippen molar-refractivity contribution in [1.82, 2.24) is 15.3 Å². The summed E-state index contributed by atoms with van der Waals surface area (Å²) in [5, 5.41) is 3.07. The molecule has 5 heteroatoms. The van der Waals surface area contributed by atoms with Crippen molar-refractivity contribution in [2.24, 2.45) is 0 Å². The lowest BCUT2D eigenvalue weighted by Gasteiger charge is -2.15. The molecule has 0 bridgehead atoms. The van der Waals surface area contributed by atoms with Crippen molar-refractivity contribution in [3.8, 4) is 0 Å². The van der Waals surface area contributed by atoms with Gasteiger partial charge in [0.2, 0.25) is 5.91 Å². The molecule has 21 heavy (non-hydrogen) atoms. The number of rotatable bonds is 6. The monoisotopic (exact) mass is 347 g/mol. The van der Waals surface area contributed by atoms with Crippen LogP contribution in [-0.4, -0.2) is 22.4 Å². The second-order valence-electron chi connectivity index (χ2n) is 5.48. The van der Waals surface area contributed by atoms with E-state index in [1.807, 2.05) is 30.5 Å². The van der Waals surface area contributed by atoms with Crippen LogP contribution in [0.4, 0.5) is 0 Å². The zero-order valence-corrected chi connectivity index (χ0v) is 13.3. The quantitative estimate of drug-likeness (QED) is 0.789. The van der Waals surface area contributed by atoms with E-state index in [0.717, 1.165) is 41.5 Å². The number of hydrogen-bond donors (Lipinski definition) is 2. The SMILES string of the molecule is O=C(NCCCc1ncc[nH]1)C1(c2ccc(Br)cc2)CC1. The third-order valence-corrected chi connectivity index (χ3v) is 4.54. The molecule has 0 radical (unpaired) electrons. The first kappa shape index (κ1) is 14.3. The molecule has 1 fully saturated rings. The van der Waals surface area contributed by atoms with Crippen LogP contribution < -0.4 is 5.32 Å². The highest BCUT2D eigenvalue weighted by Gasteiger charge is 2.50. The number of hydrogen-bond acceptors (Lipinski definition) is 2. The van der Waals surface area contributed by atoms with E-state index in [9.17, 15) is 4.79 Å². The molecule has 2 aromatic rings. The van der Waals surface area contributed by atoms with Crippen LogP contribution in [0.3, 0.4) is 0 Å². The van der Waals surface area contributed by atoms with E-state index in [-0.39, 0.29) is 11.3 Å². The van der Waals surface area contributed by atoms with Crippen molar-refractivity contribution >= 4 is 21.8 Å². The van der Waals surface area contributed by atoms with Crippen LogP contribution in [0.25, 0.3) is 0 Å². The Morgan fingerprint density at radius 3 is 2.71 bits per heavy atom. The normalized spacial score (nSPS) is 15.7. The number of nitrogens with one attached hydrogen (secondary N) is 2. The Balaban J connectivity index is 1.52. The number of carbonyl (C=O) groups is 1. The summed E-state index contributed by atoms with van der Waals surface area (Å²) in [7, 11) is 0. The maximum absolute atomic E-state index is 12.4. The van der Waals surface area contributed by atoms with Crippen LogP contribution in [-0.2, 0) is 16.6 Å². The van der Waals surface area contributed by atoms with Gasteiger partial charge in [-0.3, -0.25) is 4.79 Å². The lowest BCUT2D eigenvalue weighted by molar-refractivity contribution is -0.123. The number of H-pyrrole nitrogens is 1. The second kappa shape index (κ2) is 6.02. The van der Waals surface area contributed by atoms with Crippen LogP contribution >= 0.6 is 15.9 Å². The summed E-state index contributed by atoms with van der Waals surface area (Å²) < 4.78 is 1.04. The smallest absolute Gasteiger partial charge is 0.230 e. The molecule has 110 valence electrons. The predicted molar refractivity (Wildman–Crippen MR) is 85.0 cm³/mol. The van der Waals surface area contributed by atoms with Crippen LogP contribution in [0, 0.1) is 0 Å². The van der Waals surface area contributed by atoms with Gasteiger partial charge in [-0.05, 0) is 37.0 Å². The maximum Gasteiger partial charge on any atom is 0.230 e. The lowest BCUT2D eigenvalue weighted by Crippen LogP contribution is -2.35. The third-order valence-electron chi connectivity index (χ3n) is 4.01. The van der Waals surface area contributed by atoms with Crippen molar-refractivity contribution in [2.45, 2.75) is 31.1 Å². The highest BCUT2D eigenvalue weighted by molar-refractivity contribution is 9.10. The van der Waals surface area contributed by atoms with E-state index >= 15 is 0 Å². The summed E-state index contributed by atoms with van der Waals surface area (Å²) in [4.78, 5) is 19.7. The Bertz CT molecular complexity index is 603. The Labute approximate surface area is 132 Å². The van der Waals surface area contributed by atoms with E-state index in [1.54, 1.807) is 6.20 Å². The van der Waals surface area contributed by atoms with Gasteiger partial charge < -0.3 is 10.3 Å². The lowest BCUT2D eigenvalue weighted by atomic mass is 9.95. The number of benzene rings is 1. The average molecular weight is 348 g/mol. The number of amides is 1. The van der Waals surface area contributed by atoms with E-state index < -0.39 is 0 Å². The van der Waals surface area contributed by atoms with Crippen molar-refractivity contribution < 1.29 is 4.79 Å². The minimum Gasteiger partial charge on any atom is -0.355 e. The molecule has 2 N–H and O–H groups in total. The van der Waals surface area contributed by atoms with Gasteiger partial charge in [0, 0.05) is 29.8 Å². The number of carbonyl (C=O) groups excluding carboxylic acids is 1. The van der Waals surface area contributed by atoms with Crippen LogP contribution in [0.5, 0.6) is 0 Å².